The number of nitrogens with zero attached hydrogens (tertiary/aromatic N) is 1. The highest BCUT2D eigenvalue weighted by molar-refractivity contribution is 7.11. The van der Waals surface area contributed by atoms with Crippen molar-refractivity contribution in [3.8, 4) is 0 Å². The van der Waals surface area contributed by atoms with Gasteiger partial charge in [0.05, 0.1) is 0 Å². The number of nitrogens with two attached hydrogens (primary N) is 1. The Kier molecular flexibility index (Phi) is 7.38. The van der Waals surface area contributed by atoms with Gasteiger partial charge in [-0.2, -0.15) is 0 Å². The van der Waals surface area contributed by atoms with Crippen molar-refractivity contribution in [2.75, 3.05) is 13.1 Å². The van der Waals surface area contributed by atoms with Gasteiger partial charge in [0.2, 0.25) is 0 Å². The number of hydrogen-bond donors (Lipinski definition) is 2. The molecule has 0 aliphatic rings. The zero-order chi connectivity index (χ0) is 11.6. The van der Waals surface area contributed by atoms with E-state index in [1.54, 1.807) is 11.3 Å². The summed E-state index contributed by atoms with van der Waals surface area (Å²) >= 11 is 1.78. The quantitative estimate of drug-likeness (QED) is 0.653. The first-order chi connectivity index (χ1) is 7.83. The third-order valence-corrected chi connectivity index (χ3v) is 3.42. The van der Waals surface area contributed by atoms with Gasteiger partial charge in [-0.15, -0.1) is 11.3 Å². The van der Waals surface area contributed by atoms with E-state index in [1.165, 1.54) is 42.0 Å². The van der Waals surface area contributed by atoms with Crippen LogP contribution in [0.15, 0.2) is 6.20 Å². The van der Waals surface area contributed by atoms with Crippen molar-refractivity contribution < 1.29 is 0 Å². The number of unbranched alkanes of at least 4 members (excludes halogenated alkanes) is 4. The molecule has 1 aromatic rings. The number of rotatable bonds is 9. The second kappa shape index (κ2) is 8.67. The lowest BCUT2D eigenvalue weighted by Gasteiger charge is -2.02. The molecule has 92 valence electrons. The normalized spacial score (nSPS) is 10.9. The molecule has 1 rings (SSSR count). The number of nitrogens with one attached hydrogen (secondary N) is 1. The van der Waals surface area contributed by atoms with Crippen LogP contribution < -0.4 is 11.1 Å². The molecule has 4 heteroatoms. The first kappa shape index (κ1) is 13.6. The summed E-state index contributed by atoms with van der Waals surface area (Å²) < 4.78 is 0. The molecule has 0 saturated carbocycles. The molecular formula is C12H23N3S. The first-order valence-electron chi connectivity index (χ1n) is 6.15. The fourth-order valence-electron chi connectivity index (χ4n) is 1.60. The van der Waals surface area contributed by atoms with E-state index >= 15 is 0 Å². The second-order valence-electron chi connectivity index (χ2n) is 4.10. The lowest BCUT2D eigenvalue weighted by molar-refractivity contribution is 0.577. The minimum absolute atomic E-state index is 0.835. The number of aromatic nitrogens is 1. The van der Waals surface area contributed by atoms with E-state index in [0.29, 0.717) is 0 Å². The molecule has 0 radical (unpaired) electrons. The minimum Gasteiger partial charge on any atom is -0.330 e. The molecule has 0 amide bonds. The molecule has 0 aromatic carbocycles. The van der Waals surface area contributed by atoms with Crippen molar-refractivity contribution in [2.45, 2.75) is 45.6 Å². The van der Waals surface area contributed by atoms with Crippen molar-refractivity contribution in [1.82, 2.24) is 10.3 Å². The van der Waals surface area contributed by atoms with Crippen LogP contribution in [0.25, 0.3) is 0 Å². The van der Waals surface area contributed by atoms with E-state index in [9.17, 15) is 0 Å². The zero-order valence-electron chi connectivity index (χ0n) is 10.2. The summed E-state index contributed by atoms with van der Waals surface area (Å²) in [6.07, 6.45) is 8.27. The summed E-state index contributed by atoms with van der Waals surface area (Å²) in [6, 6.07) is 0. The van der Waals surface area contributed by atoms with Crippen molar-refractivity contribution >= 4 is 11.3 Å². The summed E-state index contributed by atoms with van der Waals surface area (Å²) in [4.78, 5) is 5.61. The van der Waals surface area contributed by atoms with E-state index < -0.39 is 0 Å². The summed E-state index contributed by atoms with van der Waals surface area (Å²) in [5, 5.41) is 4.62. The molecule has 0 bridgehead atoms. The molecule has 0 spiro atoms. The standard InChI is InChI=1S/C12H23N3S/c1-11-9-15-12(16-11)10-14-8-6-4-2-3-5-7-13/h9,14H,2-8,10,13H2,1H3. The average molecular weight is 241 g/mol. The third-order valence-electron chi connectivity index (χ3n) is 2.50. The summed E-state index contributed by atoms with van der Waals surface area (Å²) in [7, 11) is 0. The lowest BCUT2D eigenvalue weighted by atomic mass is 10.1. The molecule has 3 N–H and O–H groups in total. The summed E-state index contributed by atoms with van der Waals surface area (Å²) in [5.74, 6) is 0. The molecule has 16 heavy (non-hydrogen) atoms. The predicted molar refractivity (Wildman–Crippen MR) is 70.7 cm³/mol. The third kappa shape index (κ3) is 6.20. The number of hydrogen-bond acceptors (Lipinski definition) is 4. The van der Waals surface area contributed by atoms with Gasteiger partial charge < -0.3 is 11.1 Å². The van der Waals surface area contributed by atoms with E-state index in [-0.39, 0.29) is 0 Å². The van der Waals surface area contributed by atoms with Crippen LogP contribution >= 0.6 is 11.3 Å². The van der Waals surface area contributed by atoms with Gasteiger partial charge in [-0.3, -0.25) is 0 Å². The zero-order valence-corrected chi connectivity index (χ0v) is 11.0. The molecule has 0 atom stereocenters. The Labute approximate surface area is 102 Å². The Balaban J connectivity index is 1.88. The lowest BCUT2D eigenvalue weighted by Crippen LogP contribution is -2.14. The topological polar surface area (TPSA) is 50.9 Å². The van der Waals surface area contributed by atoms with Crippen LogP contribution in [0, 0.1) is 6.92 Å². The van der Waals surface area contributed by atoms with Crippen LogP contribution in [0.2, 0.25) is 0 Å². The molecule has 0 aliphatic heterocycles. The SMILES string of the molecule is Cc1cnc(CNCCCCCCCN)s1. The van der Waals surface area contributed by atoms with Gasteiger partial charge in [-0.1, -0.05) is 19.3 Å². The molecule has 0 aliphatic carbocycles. The Bertz CT molecular complexity index is 273. The van der Waals surface area contributed by atoms with Crippen molar-refractivity contribution in [2.24, 2.45) is 5.73 Å². The Morgan fingerprint density at radius 1 is 1.25 bits per heavy atom. The van der Waals surface area contributed by atoms with Crippen molar-refractivity contribution in [3.63, 3.8) is 0 Å². The highest BCUT2D eigenvalue weighted by Crippen LogP contribution is 2.10. The van der Waals surface area contributed by atoms with Crippen LogP contribution in [-0.2, 0) is 6.54 Å². The minimum atomic E-state index is 0.835. The highest BCUT2D eigenvalue weighted by Gasteiger charge is 1.97. The molecule has 0 fully saturated rings. The van der Waals surface area contributed by atoms with E-state index in [1.807, 2.05) is 6.20 Å². The van der Waals surface area contributed by atoms with E-state index in [2.05, 4.69) is 17.2 Å². The van der Waals surface area contributed by atoms with Gasteiger partial charge >= 0.3 is 0 Å². The molecule has 3 nitrogen and oxygen atoms in total. The van der Waals surface area contributed by atoms with Gasteiger partial charge in [0.1, 0.15) is 5.01 Å². The van der Waals surface area contributed by atoms with Gasteiger partial charge in [0.15, 0.2) is 0 Å². The Morgan fingerprint density at radius 2 is 2.00 bits per heavy atom. The van der Waals surface area contributed by atoms with Crippen molar-refractivity contribution in [3.05, 3.63) is 16.1 Å². The first-order valence-corrected chi connectivity index (χ1v) is 6.96. The van der Waals surface area contributed by atoms with E-state index in [4.69, 9.17) is 5.73 Å². The average Bonchev–Trinajstić information content (AvgIpc) is 2.68. The van der Waals surface area contributed by atoms with Crippen LogP contribution in [0.4, 0.5) is 0 Å². The molecule has 1 heterocycles. The van der Waals surface area contributed by atoms with Gasteiger partial charge in [0, 0.05) is 17.6 Å². The molecule has 0 saturated heterocycles. The van der Waals surface area contributed by atoms with Crippen LogP contribution in [0.3, 0.4) is 0 Å². The highest BCUT2D eigenvalue weighted by atomic mass is 32.1. The van der Waals surface area contributed by atoms with Gasteiger partial charge in [-0.05, 0) is 32.9 Å². The second-order valence-corrected chi connectivity index (χ2v) is 5.42. The predicted octanol–water partition coefficient (Wildman–Crippen LogP) is 2.45. The molecule has 0 unspecified atom stereocenters. The maximum atomic E-state index is 5.44. The number of thiazole rings is 1. The smallest absolute Gasteiger partial charge is 0.107 e. The van der Waals surface area contributed by atoms with Crippen LogP contribution in [0.5, 0.6) is 0 Å². The van der Waals surface area contributed by atoms with Crippen LogP contribution in [-0.4, -0.2) is 18.1 Å². The van der Waals surface area contributed by atoms with E-state index in [0.717, 1.165) is 19.6 Å². The summed E-state index contributed by atoms with van der Waals surface area (Å²) in [6.45, 7) is 4.95. The maximum Gasteiger partial charge on any atom is 0.107 e. The maximum absolute atomic E-state index is 5.44. The number of aryl methyl sites for hydroxylation is 1. The molecular weight excluding hydrogens is 218 g/mol. The largest absolute Gasteiger partial charge is 0.330 e. The van der Waals surface area contributed by atoms with Crippen LogP contribution in [0.1, 0.15) is 42.0 Å². The Hall–Kier alpha value is -0.450. The van der Waals surface area contributed by atoms with Gasteiger partial charge in [-0.25, -0.2) is 4.98 Å². The fourth-order valence-corrected chi connectivity index (χ4v) is 2.36. The molecule has 1 aromatic heterocycles. The Morgan fingerprint density at radius 3 is 2.69 bits per heavy atom. The van der Waals surface area contributed by atoms with Crippen molar-refractivity contribution in [1.29, 1.82) is 0 Å². The fraction of sp³-hybridized carbons (Fsp3) is 0.750. The van der Waals surface area contributed by atoms with Gasteiger partial charge in [0.25, 0.3) is 0 Å². The summed E-state index contributed by atoms with van der Waals surface area (Å²) in [5.41, 5.74) is 5.44. The monoisotopic (exact) mass is 241 g/mol.